The highest BCUT2D eigenvalue weighted by Crippen LogP contribution is 2.17. The van der Waals surface area contributed by atoms with Crippen LogP contribution >= 0.6 is 0 Å². The first kappa shape index (κ1) is 11.8. The molecular weight excluding hydrogens is 207 g/mol. The standard InChI is InChI=1S/C12H21FN2O/c13-10-5-7-15(8-6-10)9-12(16)14-11-3-1-2-4-11/h10-11H,1-9H2,(H,14,16). The predicted molar refractivity (Wildman–Crippen MR) is 61.0 cm³/mol. The second kappa shape index (κ2) is 5.62. The number of alkyl halides is 1. The molecule has 1 aliphatic carbocycles. The van der Waals surface area contributed by atoms with Gasteiger partial charge in [-0.1, -0.05) is 12.8 Å². The van der Waals surface area contributed by atoms with Crippen molar-refractivity contribution in [1.82, 2.24) is 10.2 Å². The molecule has 1 N–H and O–H groups in total. The minimum Gasteiger partial charge on any atom is -0.352 e. The van der Waals surface area contributed by atoms with Crippen LogP contribution in [0.1, 0.15) is 38.5 Å². The van der Waals surface area contributed by atoms with E-state index < -0.39 is 6.17 Å². The Morgan fingerprint density at radius 2 is 1.81 bits per heavy atom. The number of piperidine rings is 1. The summed E-state index contributed by atoms with van der Waals surface area (Å²) in [5, 5.41) is 3.06. The zero-order valence-corrected chi connectivity index (χ0v) is 9.75. The van der Waals surface area contributed by atoms with Gasteiger partial charge in [0.1, 0.15) is 6.17 Å². The van der Waals surface area contributed by atoms with Crippen LogP contribution in [0, 0.1) is 0 Å². The number of hydrogen-bond donors (Lipinski definition) is 1. The van der Waals surface area contributed by atoms with Gasteiger partial charge in [0.15, 0.2) is 0 Å². The van der Waals surface area contributed by atoms with E-state index >= 15 is 0 Å². The molecule has 0 aromatic heterocycles. The first-order valence-electron chi connectivity index (χ1n) is 6.40. The van der Waals surface area contributed by atoms with Gasteiger partial charge in [0.2, 0.25) is 5.91 Å². The van der Waals surface area contributed by atoms with Gasteiger partial charge < -0.3 is 5.32 Å². The summed E-state index contributed by atoms with van der Waals surface area (Å²) in [5.41, 5.74) is 0. The van der Waals surface area contributed by atoms with E-state index in [0.29, 0.717) is 25.4 Å². The lowest BCUT2D eigenvalue weighted by atomic mass is 10.1. The molecule has 0 radical (unpaired) electrons. The van der Waals surface area contributed by atoms with Gasteiger partial charge in [-0.2, -0.15) is 0 Å². The van der Waals surface area contributed by atoms with Crippen molar-refractivity contribution in [1.29, 1.82) is 0 Å². The lowest BCUT2D eigenvalue weighted by molar-refractivity contribution is -0.123. The quantitative estimate of drug-likeness (QED) is 0.793. The monoisotopic (exact) mass is 228 g/mol. The molecule has 2 rings (SSSR count). The molecule has 3 nitrogen and oxygen atoms in total. The number of hydrogen-bond acceptors (Lipinski definition) is 2. The van der Waals surface area contributed by atoms with Crippen LogP contribution in [0.5, 0.6) is 0 Å². The summed E-state index contributed by atoms with van der Waals surface area (Å²) in [6.45, 7) is 1.89. The topological polar surface area (TPSA) is 32.3 Å². The van der Waals surface area contributed by atoms with E-state index in [1.807, 2.05) is 0 Å². The summed E-state index contributed by atoms with van der Waals surface area (Å²) in [4.78, 5) is 13.8. The highest BCUT2D eigenvalue weighted by atomic mass is 19.1. The number of carbonyl (C=O) groups is 1. The Labute approximate surface area is 96.4 Å². The average Bonchev–Trinajstić information content (AvgIpc) is 2.74. The van der Waals surface area contributed by atoms with Crippen molar-refractivity contribution in [3.63, 3.8) is 0 Å². The molecule has 92 valence electrons. The molecule has 1 heterocycles. The number of halogens is 1. The molecule has 0 bridgehead atoms. The molecule has 16 heavy (non-hydrogen) atoms. The van der Waals surface area contributed by atoms with Gasteiger partial charge in [0.25, 0.3) is 0 Å². The van der Waals surface area contributed by atoms with Crippen LogP contribution in [-0.4, -0.2) is 42.7 Å². The second-order valence-corrected chi connectivity index (χ2v) is 5.00. The number of nitrogens with zero attached hydrogens (tertiary/aromatic N) is 1. The van der Waals surface area contributed by atoms with Gasteiger partial charge >= 0.3 is 0 Å². The summed E-state index contributed by atoms with van der Waals surface area (Å²) in [5.74, 6) is 0.115. The fourth-order valence-electron chi connectivity index (χ4n) is 2.61. The predicted octanol–water partition coefficient (Wildman–Crippen LogP) is 1.48. The lowest BCUT2D eigenvalue weighted by Gasteiger charge is -2.28. The minimum absolute atomic E-state index is 0.115. The normalized spacial score (nSPS) is 24.8. The van der Waals surface area contributed by atoms with Crippen molar-refractivity contribution >= 4 is 5.91 Å². The first-order valence-corrected chi connectivity index (χ1v) is 6.40. The first-order chi connectivity index (χ1) is 7.74. The molecule has 0 spiro atoms. The lowest BCUT2D eigenvalue weighted by Crippen LogP contribution is -2.44. The SMILES string of the molecule is O=C(CN1CCC(F)CC1)NC1CCCC1. The molecule has 2 aliphatic rings. The molecule has 1 amide bonds. The van der Waals surface area contributed by atoms with Crippen LogP contribution in [0.4, 0.5) is 4.39 Å². The smallest absolute Gasteiger partial charge is 0.234 e. The van der Waals surface area contributed by atoms with Gasteiger partial charge in [0, 0.05) is 19.1 Å². The molecule has 0 unspecified atom stereocenters. The minimum atomic E-state index is -0.658. The van der Waals surface area contributed by atoms with Crippen LogP contribution < -0.4 is 5.32 Å². The van der Waals surface area contributed by atoms with E-state index in [9.17, 15) is 9.18 Å². The third-order valence-electron chi connectivity index (χ3n) is 3.60. The molecule has 0 aromatic rings. The van der Waals surface area contributed by atoms with E-state index in [1.165, 1.54) is 12.8 Å². The molecule has 1 saturated carbocycles. The number of nitrogens with one attached hydrogen (secondary N) is 1. The highest BCUT2D eigenvalue weighted by molar-refractivity contribution is 5.78. The number of amides is 1. The third-order valence-corrected chi connectivity index (χ3v) is 3.60. The van der Waals surface area contributed by atoms with Crippen molar-refractivity contribution in [3.05, 3.63) is 0 Å². The molecule has 0 aromatic carbocycles. The van der Waals surface area contributed by atoms with Crippen molar-refractivity contribution in [2.75, 3.05) is 19.6 Å². The van der Waals surface area contributed by atoms with Gasteiger partial charge in [-0.3, -0.25) is 9.69 Å². The Balaban J connectivity index is 1.66. The zero-order valence-electron chi connectivity index (χ0n) is 9.75. The molecule has 1 saturated heterocycles. The zero-order chi connectivity index (χ0) is 11.4. The van der Waals surface area contributed by atoms with E-state index in [2.05, 4.69) is 10.2 Å². The van der Waals surface area contributed by atoms with Crippen LogP contribution in [-0.2, 0) is 4.79 Å². The molecule has 4 heteroatoms. The van der Waals surface area contributed by atoms with Gasteiger partial charge in [0.05, 0.1) is 6.54 Å². The number of likely N-dealkylation sites (tertiary alicyclic amines) is 1. The van der Waals surface area contributed by atoms with Crippen LogP contribution in [0.15, 0.2) is 0 Å². The second-order valence-electron chi connectivity index (χ2n) is 5.00. The summed E-state index contributed by atoms with van der Waals surface area (Å²) >= 11 is 0. The molecular formula is C12H21FN2O. The number of rotatable bonds is 3. The van der Waals surface area contributed by atoms with E-state index in [1.54, 1.807) is 0 Å². The van der Waals surface area contributed by atoms with E-state index in [4.69, 9.17) is 0 Å². The highest BCUT2D eigenvalue weighted by Gasteiger charge is 2.22. The van der Waals surface area contributed by atoms with Gasteiger partial charge in [-0.15, -0.1) is 0 Å². The van der Waals surface area contributed by atoms with Crippen LogP contribution in [0.3, 0.4) is 0 Å². The maximum atomic E-state index is 12.9. The molecule has 0 atom stereocenters. The number of carbonyl (C=O) groups excluding carboxylic acids is 1. The Morgan fingerprint density at radius 3 is 2.44 bits per heavy atom. The Hall–Kier alpha value is -0.640. The maximum Gasteiger partial charge on any atom is 0.234 e. The summed E-state index contributed by atoms with van der Waals surface area (Å²) in [6.07, 6.45) is 5.22. The maximum absolute atomic E-state index is 12.9. The van der Waals surface area contributed by atoms with E-state index in [0.717, 1.165) is 25.9 Å². The molecule has 2 fully saturated rings. The van der Waals surface area contributed by atoms with Crippen molar-refractivity contribution in [2.45, 2.75) is 50.7 Å². The van der Waals surface area contributed by atoms with Crippen molar-refractivity contribution < 1.29 is 9.18 Å². The van der Waals surface area contributed by atoms with Crippen LogP contribution in [0.25, 0.3) is 0 Å². The Kier molecular flexibility index (Phi) is 4.16. The fraction of sp³-hybridized carbons (Fsp3) is 0.917. The fourth-order valence-corrected chi connectivity index (χ4v) is 2.61. The van der Waals surface area contributed by atoms with E-state index in [-0.39, 0.29) is 5.91 Å². The Bertz CT molecular complexity index is 233. The van der Waals surface area contributed by atoms with Crippen molar-refractivity contribution in [3.8, 4) is 0 Å². The Morgan fingerprint density at radius 1 is 1.19 bits per heavy atom. The average molecular weight is 228 g/mol. The van der Waals surface area contributed by atoms with Crippen LogP contribution in [0.2, 0.25) is 0 Å². The summed E-state index contributed by atoms with van der Waals surface area (Å²) < 4.78 is 12.9. The van der Waals surface area contributed by atoms with Gasteiger partial charge in [-0.25, -0.2) is 4.39 Å². The van der Waals surface area contributed by atoms with Crippen molar-refractivity contribution in [2.24, 2.45) is 0 Å². The summed E-state index contributed by atoms with van der Waals surface area (Å²) in [7, 11) is 0. The molecule has 1 aliphatic heterocycles. The third kappa shape index (κ3) is 3.44. The largest absolute Gasteiger partial charge is 0.352 e. The summed E-state index contributed by atoms with van der Waals surface area (Å²) in [6, 6.07) is 0.395. The van der Waals surface area contributed by atoms with Gasteiger partial charge in [-0.05, 0) is 25.7 Å².